The molecule has 1 atom stereocenters. The highest BCUT2D eigenvalue weighted by Crippen LogP contribution is 2.36. The average Bonchev–Trinajstić information content (AvgIpc) is 2.88. The van der Waals surface area contributed by atoms with Gasteiger partial charge in [-0.25, -0.2) is 9.59 Å². The number of nitrogens with one attached hydrogen (secondary N) is 1. The third-order valence-electron chi connectivity index (χ3n) is 6.13. The molecule has 0 bridgehead atoms. The van der Waals surface area contributed by atoms with Crippen LogP contribution in [0.25, 0.3) is 0 Å². The van der Waals surface area contributed by atoms with Crippen LogP contribution in [0.3, 0.4) is 0 Å². The van der Waals surface area contributed by atoms with Crippen LogP contribution in [0.4, 0.5) is 4.79 Å². The van der Waals surface area contributed by atoms with Gasteiger partial charge in [-0.2, -0.15) is 0 Å². The van der Waals surface area contributed by atoms with Gasteiger partial charge in [0.2, 0.25) is 0 Å². The van der Waals surface area contributed by atoms with Crippen LogP contribution in [0.1, 0.15) is 32.8 Å². The van der Waals surface area contributed by atoms with Crippen molar-refractivity contribution in [3.8, 4) is 0 Å². The standard InChI is InChI=1S/C30H35NO5Si/c1-30(2,3)37(26-17-9-5-10-18-26,27-19-11-6-12-20-27)36-23-25(16-13-21-28(32)33)31-29(34)35-22-24-14-7-4-8-15-24/h4-15,17-21,25H,16,22-23H2,1-3H3,(H,31,34)(H,32,33)/b21-13-/t25-/m0/s1. The van der Waals surface area contributed by atoms with Gasteiger partial charge in [0.05, 0.1) is 12.6 Å². The van der Waals surface area contributed by atoms with Gasteiger partial charge in [-0.1, -0.05) is 118 Å². The van der Waals surface area contributed by atoms with Gasteiger partial charge in [-0.05, 0) is 27.4 Å². The van der Waals surface area contributed by atoms with Crippen LogP contribution in [0.2, 0.25) is 5.04 Å². The van der Waals surface area contributed by atoms with Crippen LogP contribution in [-0.2, 0) is 20.6 Å². The number of rotatable bonds is 11. The van der Waals surface area contributed by atoms with Crippen LogP contribution < -0.4 is 15.7 Å². The first-order chi connectivity index (χ1) is 17.7. The van der Waals surface area contributed by atoms with Gasteiger partial charge in [-0.15, -0.1) is 0 Å². The van der Waals surface area contributed by atoms with Crippen molar-refractivity contribution in [2.75, 3.05) is 6.61 Å². The summed E-state index contributed by atoms with van der Waals surface area (Å²) < 4.78 is 12.4. The summed E-state index contributed by atoms with van der Waals surface area (Å²) in [5.74, 6) is -1.04. The maximum atomic E-state index is 12.7. The van der Waals surface area contributed by atoms with Crippen molar-refractivity contribution < 1.29 is 23.9 Å². The van der Waals surface area contributed by atoms with Gasteiger partial charge < -0.3 is 19.6 Å². The number of alkyl carbamates (subject to hydrolysis) is 1. The Labute approximate surface area is 220 Å². The first-order valence-electron chi connectivity index (χ1n) is 12.3. The fraction of sp³-hybridized carbons (Fsp3) is 0.267. The predicted molar refractivity (Wildman–Crippen MR) is 149 cm³/mol. The van der Waals surface area contributed by atoms with Crippen molar-refractivity contribution in [1.29, 1.82) is 0 Å². The Kier molecular flexibility index (Phi) is 9.83. The monoisotopic (exact) mass is 517 g/mol. The summed E-state index contributed by atoms with van der Waals surface area (Å²) in [4.78, 5) is 23.7. The van der Waals surface area contributed by atoms with E-state index in [1.165, 1.54) is 6.08 Å². The normalized spacial score (nSPS) is 12.7. The second kappa shape index (κ2) is 13.0. The van der Waals surface area contributed by atoms with Gasteiger partial charge in [-0.3, -0.25) is 0 Å². The Morgan fingerprint density at radius 3 is 1.89 bits per heavy atom. The van der Waals surface area contributed by atoms with Crippen molar-refractivity contribution in [2.45, 2.75) is 44.9 Å². The quantitative estimate of drug-likeness (QED) is 0.280. The van der Waals surface area contributed by atoms with Gasteiger partial charge in [0, 0.05) is 6.08 Å². The number of carbonyl (C=O) groups is 2. The molecule has 2 N–H and O–H groups in total. The largest absolute Gasteiger partial charge is 0.478 e. The molecular formula is C30H35NO5Si. The molecule has 1 amide bonds. The zero-order chi connectivity index (χ0) is 26.7. The summed E-state index contributed by atoms with van der Waals surface area (Å²) in [5, 5.41) is 14.0. The summed E-state index contributed by atoms with van der Waals surface area (Å²) >= 11 is 0. The van der Waals surface area contributed by atoms with Gasteiger partial charge in [0.25, 0.3) is 8.32 Å². The lowest BCUT2D eigenvalue weighted by molar-refractivity contribution is -0.131. The van der Waals surface area contributed by atoms with E-state index < -0.39 is 26.4 Å². The highest BCUT2D eigenvalue weighted by molar-refractivity contribution is 6.99. The van der Waals surface area contributed by atoms with Crippen molar-refractivity contribution in [3.05, 3.63) is 109 Å². The number of benzene rings is 3. The number of carboxylic acids is 1. The Balaban J connectivity index is 1.86. The van der Waals surface area contributed by atoms with E-state index in [1.54, 1.807) is 0 Å². The van der Waals surface area contributed by atoms with E-state index in [4.69, 9.17) is 14.3 Å². The summed E-state index contributed by atoms with van der Waals surface area (Å²) in [6, 6.07) is 29.4. The lowest BCUT2D eigenvalue weighted by atomic mass is 10.2. The topological polar surface area (TPSA) is 84.9 Å². The minimum atomic E-state index is -2.83. The molecule has 0 unspecified atom stereocenters. The molecule has 6 nitrogen and oxygen atoms in total. The third-order valence-corrected chi connectivity index (χ3v) is 11.1. The molecule has 3 aromatic carbocycles. The predicted octanol–water partition coefficient (Wildman–Crippen LogP) is 4.89. The zero-order valence-electron chi connectivity index (χ0n) is 21.6. The van der Waals surface area contributed by atoms with Gasteiger partial charge in [0.1, 0.15) is 6.61 Å². The number of carboxylic acid groups (broad SMARTS) is 1. The molecule has 0 spiro atoms. The third kappa shape index (κ3) is 7.65. The second-order valence-electron chi connectivity index (χ2n) is 9.85. The minimum Gasteiger partial charge on any atom is -0.478 e. The van der Waals surface area contributed by atoms with Crippen molar-refractivity contribution >= 4 is 30.8 Å². The van der Waals surface area contributed by atoms with Crippen molar-refractivity contribution in [1.82, 2.24) is 5.32 Å². The number of hydrogen-bond acceptors (Lipinski definition) is 4. The summed E-state index contributed by atoms with van der Waals surface area (Å²) in [6.07, 6.45) is 2.31. The number of aliphatic carboxylic acids is 1. The van der Waals surface area contributed by atoms with E-state index in [2.05, 4.69) is 50.4 Å². The smallest absolute Gasteiger partial charge is 0.407 e. The van der Waals surface area contributed by atoms with E-state index in [0.29, 0.717) is 0 Å². The van der Waals surface area contributed by atoms with Crippen molar-refractivity contribution in [2.24, 2.45) is 0 Å². The molecule has 0 saturated carbocycles. The Hall–Kier alpha value is -3.68. The number of ether oxygens (including phenoxy) is 1. The van der Waals surface area contributed by atoms with E-state index in [9.17, 15) is 9.59 Å². The zero-order valence-corrected chi connectivity index (χ0v) is 22.6. The molecule has 0 saturated heterocycles. The number of amides is 1. The fourth-order valence-electron chi connectivity index (χ4n) is 4.42. The summed E-state index contributed by atoms with van der Waals surface area (Å²) in [7, 11) is -2.83. The Morgan fingerprint density at radius 1 is 0.892 bits per heavy atom. The highest BCUT2D eigenvalue weighted by atomic mass is 28.4. The first kappa shape index (κ1) is 27.9. The average molecular weight is 518 g/mol. The van der Waals surface area contributed by atoms with E-state index in [-0.39, 0.29) is 24.7 Å². The van der Waals surface area contributed by atoms with Crippen LogP contribution in [0, 0.1) is 0 Å². The summed E-state index contributed by atoms with van der Waals surface area (Å²) in [5.41, 5.74) is 0.878. The van der Waals surface area contributed by atoms with Crippen LogP contribution in [-0.4, -0.2) is 38.1 Å². The Morgan fingerprint density at radius 2 is 1.41 bits per heavy atom. The van der Waals surface area contributed by atoms with E-state index >= 15 is 0 Å². The lowest BCUT2D eigenvalue weighted by Gasteiger charge is -2.43. The van der Waals surface area contributed by atoms with Gasteiger partial charge >= 0.3 is 12.1 Å². The molecular weight excluding hydrogens is 482 g/mol. The van der Waals surface area contributed by atoms with Crippen LogP contribution in [0.15, 0.2) is 103 Å². The molecule has 0 aromatic heterocycles. The molecule has 194 valence electrons. The SMILES string of the molecule is CC(C)(C)[Si](OC[C@H](C/C=C\C(=O)O)NC(=O)OCc1ccccc1)(c1ccccc1)c1ccccc1. The molecule has 0 heterocycles. The van der Waals surface area contributed by atoms with E-state index in [1.807, 2.05) is 66.7 Å². The fourth-order valence-corrected chi connectivity index (χ4v) is 9.03. The molecule has 0 fully saturated rings. The molecule has 0 aliphatic heterocycles. The number of carbonyl (C=O) groups excluding carboxylic acids is 1. The maximum Gasteiger partial charge on any atom is 0.407 e. The van der Waals surface area contributed by atoms with E-state index in [0.717, 1.165) is 22.0 Å². The maximum absolute atomic E-state index is 12.7. The second-order valence-corrected chi connectivity index (χ2v) is 14.2. The molecule has 3 aromatic rings. The van der Waals surface area contributed by atoms with Gasteiger partial charge in [0.15, 0.2) is 0 Å². The number of hydrogen-bond donors (Lipinski definition) is 2. The Bertz CT molecular complexity index is 1120. The van der Waals surface area contributed by atoms with Crippen molar-refractivity contribution in [3.63, 3.8) is 0 Å². The lowest BCUT2D eigenvalue weighted by Crippen LogP contribution is -2.67. The minimum absolute atomic E-state index is 0.139. The molecule has 7 heteroatoms. The summed E-state index contributed by atoms with van der Waals surface area (Å²) in [6.45, 7) is 6.87. The molecule has 0 radical (unpaired) electrons. The molecule has 3 rings (SSSR count). The van der Waals surface area contributed by atoms with Crippen LogP contribution >= 0.6 is 0 Å². The van der Waals surface area contributed by atoms with Crippen LogP contribution in [0.5, 0.6) is 0 Å². The highest BCUT2D eigenvalue weighted by Gasteiger charge is 2.50. The molecule has 37 heavy (non-hydrogen) atoms. The molecule has 0 aliphatic carbocycles. The first-order valence-corrected chi connectivity index (χ1v) is 14.2. The molecule has 0 aliphatic rings.